The van der Waals surface area contributed by atoms with Crippen molar-refractivity contribution in [1.82, 2.24) is 9.44 Å². The fraction of sp³-hybridized carbons (Fsp3) is 0.625. The van der Waals surface area contributed by atoms with Crippen LogP contribution < -0.4 is 9.44 Å². The van der Waals surface area contributed by atoms with Crippen LogP contribution in [0, 0.1) is 0 Å². The van der Waals surface area contributed by atoms with Crippen LogP contribution in [0.25, 0.3) is 0 Å². The fourth-order valence-corrected chi connectivity index (χ4v) is 1.24. The van der Waals surface area contributed by atoms with Gasteiger partial charge in [-0.15, -0.1) is 0 Å². The molecule has 0 aromatic rings. The third-order valence-corrected chi connectivity index (χ3v) is 2.26. The smallest absolute Gasteiger partial charge is 0.418 e. The minimum Gasteiger partial charge on any atom is -0.481 e. The van der Waals surface area contributed by atoms with Crippen molar-refractivity contribution < 1.29 is 34.4 Å². The maximum atomic E-state index is 11.0. The number of carbonyl (C=O) groups excluding carboxylic acids is 1. The average molecular weight is 282 g/mol. The molecule has 9 nitrogen and oxygen atoms in total. The molecule has 1 atom stereocenters. The van der Waals surface area contributed by atoms with E-state index in [9.17, 15) is 14.4 Å². The summed E-state index contributed by atoms with van der Waals surface area (Å²) < 4.78 is 8.97. The normalized spacial score (nSPS) is 11.6. The van der Waals surface area contributed by atoms with Crippen LogP contribution in [0.2, 0.25) is 0 Å². The first kappa shape index (κ1) is 16.5. The highest BCUT2D eigenvalue weighted by Crippen LogP contribution is 1.95. The van der Waals surface area contributed by atoms with Crippen LogP contribution in [0.15, 0.2) is 0 Å². The molecule has 0 rings (SSSR count). The van der Waals surface area contributed by atoms with E-state index in [-0.39, 0.29) is 19.4 Å². The maximum absolute atomic E-state index is 11.0. The zero-order chi connectivity index (χ0) is 14.0. The molecular weight excluding hydrogens is 268 g/mol. The Balaban J connectivity index is 3.58. The summed E-state index contributed by atoms with van der Waals surface area (Å²) >= 11 is 0.555. The predicted molar refractivity (Wildman–Crippen MR) is 60.6 cm³/mol. The SMILES string of the molecule is O=C(O)CCCOC(=O)NSNC(CO)C(=O)O. The van der Waals surface area contributed by atoms with Crippen molar-refractivity contribution in [3.8, 4) is 0 Å². The Morgan fingerprint density at radius 1 is 1.28 bits per heavy atom. The van der Waals surface area contributed by atoms with Gasteiger partial charge < -0.3 is 20.1 Å². The molecule has 0 saturated carbocycles. The summed E-state index contributed by atoms with van der Waals surface area (Å²) in [6, 6.07) is -1.21. The van der Waals surface area contributed by atoms with E-state index in [1.165, 1.54) is 0 Å². The van der Waals surface area contributed by atoms with Gasteiger partial charge in [0.25, 0.3) is 0 Å². The monoisotopic (exact) mass is 282 g/mol. The number of carbonyl (C=O) groups is 3. The molecule has 0 saturated heterocycles. The van der Waals surface area contributed by atoms with Gasteiger partial charge in [-0.1, -0.05) is 0 Å². The van der Waals surface area contributed by atoms with Gasteiger partial charge in [0.05, 0.1) is 13.2 Å². The molecule has 0 aliphatic heterocycles. The zero-order valence-electron chi connectivity index (χ0n) is 9.29. The van der Waals surface area contributed by atoms with Crippen molar-refractivity contribution in [1.29, 1.82) is 0 Å². The second-order valence-electron chi connectivity index (χ2n) is 3.03. The molecule has 0 aromatic carbocycles. The van der Waals surface area contributed by atoms with Crippen LogP contribution in [0.4, 0.5) is 4.79 Å². The number of carboxylic acid groups (broad SMARTS) is 2. The van der Waals surface area contributed by atoms with E-state index in [0.29, 0.717) is 12.1 Å². The van der Waals surface area contributed by atoms with Gasteiger partial charge in [-0.2, -0.15) is 0 Å². The second-order valence-corrected chi connectivity index (χ2v) is 3.67. The average Bonchev–Trinajstić information content (AvgIpc) is 2.29. The highest BCUT2D eigenvalue weighted by Gasteiger charge is 2.15. The Kier molecular flexibility index (Phi) is 8.70. The molecule has 0 aliphatic rings. The van der Waals surface area contributed by atoms with E-state index in [2.05, 4.69) is 14.2 Å². The van der Waals surface area contributed by atoms with Gasteiger partial charge >= 0.3 is 18.0 Å². The lowest BCUT2D eigenvalue weighted by Crippen LogP contribution is -2.38. The van der Waals surface area contributed by atoms with Crippen LogP contribution in [-0.2, 0) is 14.3 Å². The Morgan fingerprint density at radius 2 is 1.94 bits per heavy atom. The van der Waals surface area contributed by atoms with Crippen LogP contribution in [-0.4, -0.2) is 52.6 Å². The van der Waals surface area contributed by atoms with Crippen LogP contribution in [0.5, 0.6) is 0 Å². The summed E-state index contributed by atoms with van der Waals surface area (Å²) in [4.78, 5) is 31.6. The van der Waals surface area contributed by atoms with Crippen LogP contribution in [0.3, 0.4) is 0 Å². The number of hydrogen-bond donors (Lipinski definition) is 5. The minimum atomic E-state index is -1.26. The second kappa shape index (κ2) is 9.50. The summed E-state index contributed by atoms with van der Waals surface area (Å²) in [6.45, 7) is -0.682. The first-order valence-corrected chi connectivity index (χ1v) is 5.68. The molecule has 10 heteroatoms. The summed E-state index contributed by atoms with van der Waals surface area (Å²) in [5, 5.41) is 25.5. The molecule has 0 fully saturated rings. The number of hydrogen-bond acceptors (Lipinski definition) is 7. The van der Waals surface area contributed by atoms with E-state index in [1.54, 1.807) is 0 Å². The van der Waals surface area contributed by atoms with Gasteiger partial charge in [0.15, 0.2) is 0 Å². The van der Waals surface area contributed by atoms with Gasteiger partial charge in [0, 0.05) is 18.6 Å². The zero-order valence-corrected chi connectivity index (χ0v) is 10.1. The molecule has 0 heterocycles. The Morgan fingerprint density at radius 3 is 2.44 bits per heavy atom. The van der Waals surface area contributed by atoms with E-state index >= 15 is 0 Å². The molecule has 1 amide bonds. The van der Waals surface area contributed by atoms with Crippen molar-refractivity contribution in [3.63, 3.8) is 0 Å². The van der Waals surface area contributed by atoms with Crippen LogP contribution in [0.1, 0.15) is 12.8 Å². The largest absolute Gasteiger partial charge is 0.481 e. The Labute approximate surface area is 107 Å². The lowest BCUT2D eigenvalue weighted by molar-refractivity contribution is -0.140. The Hall–Kier alpha value is -1.52. The van der Waals surface area contributed by atoms with Crippen molar-refractivity contribution >= 4 is 30.2 Å². The first-order valence-electron chi connectivity index (χ1n) is 4.87. The third-order valence-electron chi connectivity index (χ3n) is 1.58. The molecule has 0 bridgehead atoms. The lowest BCUT2D eigenvalue weighted by Gasteiger charge is -2.10. The number of nitrogens with one attached hydrogen (secondary N) is 2. The van der Waals surface area contributed by atoms with Crippen molar-refractivity contribution in [3.05, 3.63) is 0 Å². The molecule has 0 radical (unpaired) electrons. The van der Waals surface area contributed by atoms with E-state index < -0.39 is 30.7 Å². The number of aliphatic carboxylic acids is 2. The van der Waals surface area contributed by atoms with Gasteiger partial charge in [-0.05, 0) is 6.42 Å². The van der Waals surface area contributed by atoms with Gasteiger partial charge in [0.2, 0.25) is 0 Å². The summed E-state index contributed by atoms with van der Waals surface area (Å²) in [6.07, 6.45) is -0.751. The number of aliphatic hydroxyl groups excluding tert-OH is 1. The number of carboxylic acids is 2. The van der Waals surface area contributed by atoms with Gasteiger partial charge in [-0.25, -0.2) is 9.52 Å². The number of amides is 1. The standard InChI is InChI=1S/C8H14N2O7S/c11-4-5(7(14)15)9-18-10-8(16)17-3-1-2-6(12)13/h5,9,11H,1-4H2,(H,10,16)(H,12,13)(H,14,15). The number of aliphatic hydroxyl groups is 1. The quantitative estimate of drug-likeness (QED) is 0.270. The first-order chi connectivity index (χ1) is 8.47. The highest BCUT2D eigenvalue weighted by atomic mass is 32.2. The third kappa shape index (κ3) is 8.61. The summed E-state index contributed by atoms with van der Waals surface area (Å²) in [5.74, 6) is -2.25. The molecule has 0 spiro atoms. The minimum absolute atomic E-state index is 0.0545. The molecular formula is C8H14N2O7S. The maximum Gasteiger partial charge on any atom is 0.418 e. The molecule has 5 N–H and O–H groups in total. The molecule has 104 valence electrons. The predicted octanol–water partition coefficient (Wildman–Crippen LogP) is -0.824. The molecule has 0 aromatic heterocycles. The van der Waals surface area contributed by atoms with Crippen molar-refractivity contribution in [2.24, 2.45) is 0 Å². The molecule has 1 unspecified atom stereocenters. The fourth-order valence-electron chi connectivity index (χ4n) is 0.726. The van der Waals surface area contributed by atoms with E-state index in [1.807, 2.05) is 0 Å². The summed E-state index contributed by atoms with van der Waals surface area (Å²) in [5.41, 5.74) is 0. The van der Waals surface area contributed by atoms with Crippen molar-refractivity contribution in [2.45, 2.75) is 18.9 Å². The van der Waals surface area contributed by atoms with Crippen molar-refractivity contribution in [2.75, 3.05) is 13.2 Å². The lowest BCUT2D eigenvalue weighted by atomic mass is 10.3. The Bertz CT molecular complexity index is 299. The van der Waals surface area contributed by atoms with Gasteiger partial charge in [0.1, 0.15) is 6.04 Å². The topological polar surface area (TPSA) is 145 Å². The van der Waals surface area contributed by atoms with E-state index in [4.69, 9.17) is 15.3 Å². The van der Waals surface area contributed by atoms with E-state index in [0.717, 1.165) is 0 Å². The summed E-state index contributed by atoms with van der Waals surface area (Å²) in [7, 11) is 0. The molecule has 0 aliphatic carbocycles. The molecule has 18 heavy (non-hydrogen) atoms. The highest BCUT2D eigenvalue weighted by molar-refractivity contribution is 7.96. The van der Waals surface area contributed by atoms with Gasteiger partial charge in [-0.3, -0.25) is 14.3 Å². The van der Waals surface area contributed by atoms with Crippen LogP contribution >= 0.6 is 12.1 Å². The number of ether oxygens (including phenoxy) is 1. The number of rotatable bonds is 9.